The van der Waals surface area contributed by atoms with Gasteiger partial charge in [0.25, 0.3) is 11.9 Å². The number of aromatic amines is 1. The predicted molar refractivity (Wildman–Crippen MR) is 74.8 cm³/mol. The minimum atomic E-state index is -4.72. The average Bonchev–Trinajstić information content (AvgIpc) is 3.09. The van der Waals surface area contributed by atoms with Crippen molar-refractivity contribution < 1.29 is 27.9 Å². The SMILES string of the molecule is Cc1nc(C(=O)NC(C(=O)O)C(C)C)nn1-c1n[nH]c(C(F)(F)F)n1. The third-order valence-electron chi connectivity index (χ3n) is 3.12. The lowest BCUT2D eigenvalue weighted by Gasteiger charge is -2.16. The van der Waals surface area contributed by atoms with Gasteiger partial charge in [-0.15, -0.1) is 10.2 Å². The number of halogens is 3. The first-order chi connectivity index (χ1) is 11.5. The number of aromatic nitrogens is 6. The molecule has 2 aromatic rings. The summed E-state index contributed by atoms with van der Waals surface area (Å²) in [6.07, 6.45) is -4.72. The lowest BCUT2D eigenvalue weighted by Crippen LogP contribution is -2.44. The van der Waals surface area contributed by atoms with Crippen LogP contribution in [0.25, 0.3) is 5.95 Å². The Kier molecular flexibility index (Phi) is 4.76. The topological polar surface area (TPSA) is 139 Å². The first-order valence-corrected chi connectivity index (χ1v) is 6.98. The van der Waals surface area contributed by atoms with Crippen molar-refractivity contribution in [1.82, 2.24) is 35.3 Å². The van der Waals surface area contributed by atoms with Crippen LogP contribution >= 0.6 is 0 Å². The molecule has 2 rings (SSSR count). The number of H-pyrrole nitrogens is 1. The highest BCUT2D eigenvalue weighted by Crippen LogP contribution is 2.26. The van der Waals surface area contributed by atoms with Gasteiger partial charge < -0.3 is 10.4 Å². The van der Waals surface area contributed by atoms with E-state index in [2.05, 4.69) is 25.5 Å². The second-order valence-electron chi connectivity index (χ2n) is 5.41. The predicted octanol–water partition coefficient (Wildman–Crippen LogP) is 0.552. The van der Waals surface area contributed by atoms with Crippen molar-refractivity contribution in [1.29, 1.82) is 0 Å². The van der Waals surface area contributed by atoms with Gasteiger partial charge in [-0.25, -0.2) is 9.78 Å². The number of nitrogens with one attached hydrogen (secondary N) is 2. The van der Waals surface area contributed by atoms with Crippen LogP contribution in [0.4, 0.5) is 13.2 Å². The van der Waals surface area contributed by atoms with Gasteiger partial charge in [0.05, 0.1) is 0 Å². The molecule has 0 fully saturated rings. The largest absolute Gasteiger partial charge is 0.480 e. The number of amides is 1. The molecule has 136 valence electrons. The van der Waals surface area contributed by atoms with Gasteiger partial charge >= 0.3 is 12.1 Å². The summed E-state index contributed by atoms with van der Waals surface area (Å²) in [5.41, 5.74) is 0. The Morgan fingerprint density at radius 3 is 2.40 bits per heavy atom. The highest BCUT2D eigenvalue weighted by Gasteiger charge is 2.36. The molecule has 0 aliphatic carbocycles. The smallest absolute Gasteiger partial charge is 0.451 e. The van der Waals surface area contributed by atoms with Crippen molar-refractivity contribution in [3.05, 3.63) is 17.5 Å². The van der Waals surface area contributed by atoms with Gasteiger partial charge in [-0.1, -0.05) is 13.8 Å². The van der Waals surface area contributed by atoms with E-state index in [0.29, 0.717) is 0 Å². The number of rotatable bonds is 5. The number of carboxylic acids is 1. The Hall–Kier alpha value is -2.99. The molecule has 0 radical (unpaired) electrons. The molecule has 0 aliphatic rings. The van der Waals surface area contributed by atoms with Crippen molar-refractivity contribution >= 4 is 11.9 Å². The molecule has 0 bridgehead atoms. The van der Waals surface area contributed by atoms with Crippen LogP contribution in [0.1, 0.15) is 36.1 Å². The summed E-state index contributed by atoms with van der Waals surface area (Å²) in [6.45, 7) is 4.58. The number of carbonyl (C=O) groups excluding carboxylic acids is 1. The molecule has 0 spiro atoms. The molecule has 10 nitrogen and oxygen atoms in total. The van der Waals surface area contributed by atoms with Crippen LogP contribution in [0.5, 0.6) is 0 Å². The third kappa shape index (κ3) is 3.92. The fourth-order valence-electron chi connectivity index (χ4n) is 1.87. The van der Waals surface area contributed by atoms with Gasteiger partial charge in [0, 0.05) is 0 Å². The monoisotopic (exact) mass is 361 g/mol. The number of carbonyl (C=O) groups is 2. The highest BCUT2D eigenvalue weighted by atomic mass is 19.4. The summed E-state index contributed by atoms with van der Waals surface area (Å²) in [6, 6.07) is -1.17. The number of nitrogens with zero attached hydrogens (tertiary/aromatic N) is 5. The van der Waals surface area contributed by atoms with E-state index in [-0.39, 0.29) is 5.82 Å². The third-order valence-corrected chi connectivity index (χ3v) is 3.12. The zero-order valence-electron chi connectivity index (χ0n) is 13.3. The maximum atomic E-state index is 12.5. The standard InChI is InChI=1S/C12H14F3N7O3/c1-4(2)6(9(24)25)17-8(23)7-16-5(3)22(21-7)11-18-10(19-20-11)12(13,14)15/h4,6H,1-3H3,(H,17,23)(H,24,25)(H,18,19,20). The normalized spacial score (nSPS) is 13.1. The lowest BCUT2D eigenvalue weighted by atomic mass is 10.1. The molecule has 13 heteroatoms. The second-order valence-corrected chi connectivity index (χ2v) is 5.41. The summed E-state index contributed by atoms with van der Waals surface area (Å²) in [4.78, 5) is 30.2. The molecule has 0 aromatic carbocycles. The zero-order valence-corrected chi connectivity index (χ0v) is 13.3. The molecule has 0 aliphatic heterocycles. The fourth-order valence-corrected chi connectivity index (χ4v) is 1.87. The molecule has 2 heterocycles. The lowest BCUT2D eigenvalue weighted by molar-refractivity contribution is -0.144. The molecule has 0 saturated heterocycles. The van der Waals surface area contributed by atoms with Crippen LogP contribution in [0.15, 0.2) is 0 Å². The fraction of sp³-hybridized carbons (Fsp3) is 0.500. The Labute approximate surface area is 138 Å². The molecule has 3 N–H and O–H groups in total. The molecule has 2 aromatic heterocycles. The first kappa shape index (κ1) is 18.4. The van der Waals surface area contributed by atoms with Crippen LogP contribution in [-0.2, 0) is 11.0 Å². The van der Waals surface area contributed by atoms with Crippen molar-refractivity contribution in [3.63, 3.8) is 0 Å². The minimum Gasteiger partial charge on any atom is -0.480 e. The van der Waals surface area contributed by atoms with Gasteiger partial charge in [0.15, 0.2) is 0 Å². The zero-order chi connectivity index (χ0) is 18.9. The van der Waals surface area contributed by atoms with E-state index < -0.39 is 47.6 Å². The van der Waals surface area contributed by atoms with Gasteiger partial charge in [-0.05, 0) is 12.8 Å². The second kappa shape index (κ2) is 6.49. The van der Waals surface area contributed by atoms with Crippen LogP contribution in [0.2, 0.25) is 0 Å². The molecule has 1 atom stereocenters. The van der Waals surface area contributed by atoms with Gasteiger partial charge in [-0.3, -0.25) is 9.89 Å². The van der Waals surface area contributed by atoms with E-state index in [1.54, 1.807) is 18.9 Å². The van der Waals surface area contributed by atoms with E-state index >= 15 is 0 Å². The van der Waals surface area contributed by atoms with Crippen molar-refractivity contribution in [3.8, 4) is 5.95 Å². The molecule has 1 amide bonds. The summed E-state index contributed by atoms with van der Waals surface area (Å²) in [5.74, 6) is -4.65. The molecular formula is C12H14F3N7O3. The quantitative estimate of drug-likeness (QED) is 0.707. The number of aryl methyl sites for hydroxylation is 1. The number of hydrogen-bond donors (Lipinski definition) is 3. The van der Waals surface area contributed by atoms with Crippen molar-refractivity contribution in [2.24, 2.45) is 5.92 Å². The number of aliphatic carboxylic acids is 1. The number of alkyl halides is 3. The van der Waals surface area contributed by atoms with Gasteiger partial charge in [0.2, 0.25) is 11.6 Å². The van der Waals surface area contributed by atoms with E-state index in [9.17, 15) is 22.8 Å². The Balaban J connectivity index is 2.26. The van der Waals surface area contributed by atoms with Crippen molar-refractivity contribution in [2.75, 3.05) is 0 Å². The van der Waals surface area contributed by atoms with Crippen LogP contribution in [-0.4, -0.2) is 53.0 Å². The van der Waals surface area contributed by atoms with Crippen LogP contribution in [0.3, 0.4) is 0 Å². The summed E-state index contributed by atoms with van der Waals surface area (Å²) in [7, 11) is 0. The molecule has 25 heavy (non-hydrogen) atoms. The first-order valence-electron chi connectivity index (χ1n) is 6.98. The Bertz CT molecular complexity index is 796. The van der Waals surface area contributed by atoms with E-state index in [4.69, 9.17) is 5.11 Å². The Morgan fingerprint density at radius 1 is 1.28 bits per heavy atom. The maximum Gasteiger partial charge on any atom is 0.451 e. The number of hydrogen-bond acceptors (Lipinski definition) is 6. The average molecular weight is 361 g/mol. The van der Waals surface area contributed by atoms with E-state index in [0.717, 1.165) is 4.68 Å². The van der Waals surface area contributed by atoms with E-state index in [1.807, 2.05) is 0 Å². The molecular weight excluding hydrogens is 347 g/mol. The molecule has 0 saturated carbocycles. The maximum absolute atomic E-state index is 12.5. The summed E-state index contributed by atoms with van der Waals surface area (Å²) in [5, 5.41) is 20.1. The van der Waals surface area contributed by atoms with Gasteiger partial charge in [0.1, 0.15) is 11.9 Å². The van der Waals surface area contributed by atoms with Gasteiger partial charge in [-0.2, -0.15) is 22.8 Å². The van der Waals surface area contributed by atoms with Crippen molar-refractivity contribution in [2.45, 2.75) is 33.0 Å². The number of carboxylic acid groups (broad SMARTS) is 1. The Morgan fingerprint density at radius 2 is 1.92 bits per heavy atom. The van der Waals surface area contributed by atoms with Crippen LogP contribution < -0.4 is 5.32 Å². The van der Waals surface area contributed by atoms with E-state index in [1.165, 1.54) is 6.92 Å². The summed E-state index contributed by atoms with van der Waals surface area (Å²) >= 11 is 0. The molecule has 1 unspecified atom stereocenters. The summed E-state index contributed by atoms with van der Waals surface area (Å²) < 4.78 is 38.5. The highest BCUT2D eigenvalue weighted by molar-refractivity contribution is 5.93. The van der Waals surface area contributed by atoms with Crippen LogP contribution in [0, 0.1) is 12.8 Å². The minimum absolute atomic E-state index is 0.0503.